The maximum absolute atomic E-state index is 14.1. The van der Waals surface area contributed by atoms with Crippen LogP contribution >= 0.6 is 0 Å². The molecule has 230 valence electrons. The van der Waals surface area contributed by atoms with Gasteiger partial charge in [-0.25, -0.2) is 4.98 Å². The molecule has 1 amide bonds. The minimum Gasteiger partial charge on any atom is -0.475 e. The average molecular weight is 605 g/mol. The molecule has 4 heterocycles. The second-order valence-corrected chi connectivity index (χ2v) is 11.6. The highest BCUT2D eigenvalue weighted by Gasteiger charge is 2.36. The minimum atomic E-state index is -4.50. The van der Waals surface area contributed by atoms with E-state index >= 15 is 0 Å². The van der Waals surface area contributed by atoms with Crippen molar-refractivity contribution in [3.63, 3.8) is 0 Å². The first-order chi connectivity index (χ1) is 21.2. The predicted molar refractivity (Wildman–Crippen MR) is 163 cm³/mol. The number of nitriles is 1. The van der Waals surface area contributed by atoms with Crippen LogP contribution in [0.1, 0.15) is 35.2 Å². The average Bonchev–Trinajstić information content (AvgIpc) is 3.45. The van der Waals surface area contributed by atoms with Crippen LogP contribution in [0.4, 0.5) is 24.5 Å². The van der Waals surface area contributed by atoms with Gasteiger partial charge in [-0.2, -0.15) is 18.4 Å². The van der Waals surface area contributed by atoms with Crippen LogP contribution in [-0.2, 0) is 23.9 Å². The van der Waals surface area contributed by atoms with Crippen molar-refractivity contribution in [2.24, 2.45) is 0 Å². The van der Waals surface area contributed by atoms with E-state index in [0.717, 1.165) is 36.7 Å². The lowest BCUT2D eigenvalue weighted by molar-refractivity contribution is -0.136. The van der Waals surface area contributed by atoms with Crippen LogP contribution in [0.15, 0.2) is 49.1 Å². The van der Waals surface area contributed by atoms with E-state index in [-0.39, 0.29) is 29.8 Å². The molecule has 2 saturated heterocycles. The van der Waals surface area contributed by atoms with Crippen molar-refractivity contribution in [1.29, 1.82) is 5.26 Å². The number of nitrogens with zero attached hydrogens (tertiary/aromatic N) is 6. The highest BCUT2D eigenvalue weighted by Crippen LogP contribution is 2.42. The summed E-state index contributed by atoms with van der Waals surface area (Å²) >= 11 is 0. The molecule has 0 aliphatic carbocycles. The Bertz CT molecular complexity index is 1620. The van der Waals surface area contributed by atoms with Gasteiger partial charge in [0.1, 0.15) is 18.2 Å². The number of benzene rings is 2. The van der Waals surface area contributed by atoms with Crippen molar-refractivity contribution >= 4 is 28.1 Å². The summed E-state index contributed by atoms with van der Waals surface area (Å²) in [6.45, 7) is 7.71. The lowest BCUT2D eigenvalue weighted by Gasteiger charge is -2.39. The van der Waals surface area contributed by atoms with Gasteiger partial charge in [0, 0.05) is 55.4 Å². The second kappa shape index (κ2) is 12.0. The number of piperazine rings is 1. The van der Waals surface area contributed by atoms with Crippen LogP contribution in [0.25, 0.3) is 10.8 Å². The van der Waals surface area contributed by atoms with Gasteiger partial charge in [-0.3, -0.25) is 4.79 Å². The van der Waals surface area contributed by atoms with Gasteiger partial charge in [-0.1, -0.05) is 30.8 Å². The Hall–Kier alpha value is -4.30. The number of carbonyl (C=O) groups excluding carboxylic acids is 1. The van der Waals surface area contributed by atoms with Gasteiger partial charge >= 0.3 is 6.18 Å². The first-order valence-electron chi connectivity index (χ1n) is 15.0. The van der Waals surface area contributed by atoms with Crippen molar-refractivity contribution in [2.75, 3.05) is 62.7 Å². The molecule has 0 spiro atoms. The van der Waals surface area contributed by atoms with Gasteiger partial charge in [0.2, 0.25) is 11.8 Å². The van der Waals surface area contributed by atoms with Crippen molar-refractivity contribution in [3.8, 4) is 11.9 Å². The Kier molecular flexibility index (Phi) is 8.12. The van der Waals surface area contributed by atoms with Gasteiger partial charge in [0.25, 0.3) is 0 Å². The summed E-state index contributed by atoms with van der Waals surface area (Å²) in [6.07, 6.45) is -0.630. The first-order valence-corrected chi connectivity index (χ1v) is 15.0. The summed E-state index contributed by atoms with van der Waals surface area (Å²) in [7, 11) is 2.05. The monoisotopic (exact) mass is 604 g/mol. The summed E-state index contributed by atoms with van der Waals surface area (Å²) in [5, 5.41) is 11.1. The summed E-state index contributed by atoms with van der Waals surface area (Å²) in [4.78, 5) is 25.1. The lowest BCUT2D eigenvalue weighted by Crippen LogP contribution is -2.49. The smallest absolute Gasteiger partial charge is 0.417 e. The number of ether oxygens (including phenoxy) is 1. The Balaban J connectivity index is 1.40. The molecule has 6 rings (SSSR count). The zero-order valence-corrected chi connectivity index (χ0v) is 24.7. The van der Waals surface area contributed by atoms with E-state index in [2.05, 4.69) is 29.5 Å². The number of fused-ring (bicyclic) bond motifs is 2. The van der Waals surface area contributed by atoms with E-state index in [0.29, 0.717) is 68.1 Å². The predicted octanol–water partition coefficient (Wildman–Crippen LogP) is 5.00. The molecule has 3 aliphatic heterocycles. The van der Waals surface area contributed by atoms with Crippen LogP contribution in [-0.4, -0.2) is 79.7 Å². The van der Waals surface area contributed by atoms with Gasteiger partial charge in [-0.15, -0.1) is 0 Å². The molecule has 0 bridgehead atoms. The molecule has 0 radical (unpaired) electrons. The molecule has 8 nitrogen and oxygen atoms in total. The maximum atomic E-state index is 14.1. The Morgan fingerprint density at radius 2 is 1.86 bits per heavy atom. The van der Waals surface area contributed by atoms with Gasteiger partial charge in [0.15, 0.2) is 0 Å². The molecule has 2 fully saturated rings. The summed E-state index contributed by atoms with van der Waals surface area (Å²) in [5.41, 5.74) is 2.55. The number of hydrogen-bond donors (Lipinski definition) is 0. The van der Waals surface area contributed by atoms with E-state index in [9.17, 15) is 23.2 Å². The van der Waals surface area contributed by atoms with Crippen LogP contribution in [0.3, 0.4) is 0 Å². The van der Waals surface area contributed by atoms with E-state index in [1.807, 2.05) is 4.90 Å². The molecule has 1 atom stereocenters. The maximum Gasteiger partial charge on any atom is 0.417 e. The SMILES string of the molecule is C=CC(=O)N1CCN(c2c(C#N)c(OCC3CCCN3C)nc3c2CCN(c2cccc4cccc(C(F)(F)F)c24)C3)CC1. The third-order valence-electron chi connectivity index (χ3n) is 9.10. The standard InChI is InChI=1S/C33H35F3N6O2/c1-3-29(43)40-15-17-41(18-16-40)31-24-12-14-42(28-11-5-8-22-7-4-10-26(30(22)28)33(34,35)36)20-27(24)38-32(25(31)19-37)44-21-23-9-6-13-39(23)2/h3-5,7-8,10-11,23H,1,6,9,12-18,20-21H2,2H3. The number of likely N-dealkylation sites (N-methyl/N-ethyl adjacent to an activating group) is 1. The van der Waals surface area contributed by atoms with Crippen LogP contribution in [0.2, 0.25) is 0 Å². The Morgan fingerprint density at radius 3 is 2.52 bits per heavy atom. The number of halogens is 3. The molecule has 44 heavy (non-hydrogen) atoms. The van der Waals surface area contributed by atoms with E-state index < -0.39 is 11.7 Å². The second-order valence-electron chi connectivity index (χ2n) is 11.6. The minimum absolute atomic E-state index is 0.129. The number of carbonyl (C=O) groups is 1. The van der Waals surface area contributed by atoms with Crippen molar-refractivity contribution in [3.05, 3.63) is 71.4 Å². The molecule has 3 aliphatic rings. The summed E-state index contributed by atoms with van der Waals surface area (Å²) in [5.74, 6) is 0.123. The Morgan fingerprint density at radius 1 is 1.11 bits per heavy atom. The molecule has 2 aromatic carbocycles. The van der Waals surface area contributed by atoms with Gasteiger partial charge < -0.3 is 24.3 Å². The molecular weight excluding hydrogens is 569 g/mol. The fourth-order valence-electron chi connectivity index (χ4n) is 6.76. The number of aromatic nitrogens is 1. The summed E-state index contributed by atoms with van der Waals surface area (Å²) < 4.78 is 48.7. The fraction of sp³-hybridized carbons (Fsp3) is 0.424. The number of amides is 1. The molecule has 11 heteroatoms. The normalized spacial score (nSPS) is 19.2. The number of alkyl halides is 3. The Labute approximate surface area is 254 Å². The number of anilines is 2. The summed E-state index contributed by atoms with van der Waals surface area (Å²) in [6, 6.07) is 12.0. The van der Waals surface area contributed by atoms with E-state index in [1.54, 1.807) is 29.2 Å². The van der Waals surface area contributed by atoms with E-state index in [4.69, 9.17) is 9.72 Å². The third kappa shape index (κ3) is 5.54. The number of hydrogen-bond acceptors (Lipinski definition) is 7. The number of rotatable bonds is 6. The zero-order valence-electron chi connectivity index (χ0n) is 24.7. The highest BCUT2D eigenvalue weighted by atomic mass is 19.4. The quantitative estimate of drug-likeness (QED) is 0.367. The van der Waals surface area contributed by atoms with Gasteiger partial charge in [0.05, 0.1) is 23.5 Å². The molecule has 3 aromatic rings. The topological polar surface area (TPSA) is 75.9 Å². The fourth-order valence-corrected chi connectivity index (χ4v) is 6.76. The van der Waals surface area contributed by atoms with Crippen LogP contribution < -0.4 is 14.5 Å². The van der Waals surface area contributed by atoms with Crippen molar-refractivity contribution in [2.45, 2.75) is 38.0 Å². The third-order valence-corrected chi connectivity index (χ3v) is 9.10. The molecule has 1 unspecified atom stereocenters. The largest absolute Gasteiger partial charge is 0.475 e. The van der Waals surface area contributed by atoms with E-state index in [1.165, 1.54) is 12.1 Å². The molecule has 1 aromatic heterocycles. The molecular formula is C33H35F3N6O2. The molecule has 0 saturated carbocycles. The van der Waals surface area contributed by atoms with Crippen LogP contribution in [0, 0.1) is 11.3 Å². The van der Waals surface area contributed by atoms with Crippen LogP contribution in [0.5, 0.6) is 5.88 Å². The van der Waals surface area contributed by atoms with Crippen molar-refractivity contribution in [1.82, 2.24) is 14.8 Å². The zero-order chi connectivity index (χ0) is 31.0. The van der Waals surface area contributed by atoms with Gasteiger partial charge in [-0.05, 0) is 56.4 Å². The van der Waals surface area contributed by atoms with Crippen molar-refractivity contribution < 1.29 is 22.7 Å². The number of pyridine rings is 1. The lowest BCUT2D eigenvalue weighted by atomic mass is 9.96. The first kappa shape index (κ1) is 29.8. The highest BCUT2D eigenvalue weighted by molar-refractivity contribution is 5.97. The number of likely N-dealkylation sites (tertiary alicyclic amines) is 1. The molecule has 0 N–H and O–H groups in total.